The Balaban J connectivity index is 1.51. The van der Waals surface area contributed by atoms with Gasteiger partial charge in [-0.25, -0.2) is 4.79 Å². The van der Waals surface area contributed by atoms with E-state index in [1.807, 2.05) is 45.0 Å². The number of carbonyl (C=O) groups excluding carboxylic acids is 1. The van der Waals surface area contributed by atoms with Crippen LogP contribution in [0.25, 0.3) is 21.9 Å². The summed E-state index contributed by atoms with van der Waals surface area (Å²) in [4.78, 5) is 25.1. The van der Waals surface area contributed by atoms with Crippen molar-refractivity contribution >= 4 is 27.8 Å². The lowest BCUT2D eigenvalue weighted by Gasteiger charge is -2.14. The molecule has 0 radical (unpaired) electrons. The van der Waals surface area contributed by atoms with Gasteiger partial charge in [-0.15, -0.1) is 0 Å². The predicted octanol–water partition coefficient (Wildman–Crippen LogP) is 4.84. The van der Waals surface area contributed by atoms with Crippen molar-refractivity contribution in [3.05, 3.63) is 81.4 Å². The van der Waals surface area contributed by atoms with Crippen molar-refractivity contribution in [3.63, 3.8) is 0 Å². The van der Waals surface area contributed by atoms with E-state index in [9.17, 15) is 9.59 Å². The third-order valence-corrected chi connectivity index (χ3v) is 5.63. The maximum Gasteiger partial charge on any atom is 0.340 e. The zero-order valence-corrected chi connectivity index (χ0v) is 17.5. The van der Waals surface area contributed by atoms with Crippen molar-refractivity contribution in [2.75, 3.05) is 0 Å². The fourth-order valence-electron chi connectivity index (χ4n) is 3.83. The Bertz CT molecular complexity index is 1270. The summed E-state index contributed by atoms with van der Waals surface area (Å²) in [5, 5.41) is 4.80. The molecule has 154 valence electrons. The van der Waals surface area contributed by atoms with Gasteiger partial charge in [-0.2, -0.15) is 0 Å². The van der Waals surface area contributed by atoms with E-state index in [1.165, 1.54) is 5.56 Å². The van der Waals surface area contributed by atoms with Crippen molar-refractivity contribution in [2.24, 2.45) is 0 Å². The van der Waals surface area contributed by atoms with Crippen LogP contribution in [0.5, 0.6) is 0 Å². The highest BCUT2D eigenvalue weighted by atomic mass is 16.4. The molecule has 0 aliphatic rings. The highest BCUT2D eigenvalue weighted by molar-refractivity contribution is 5.96. The topological polar surface area (TPSA) is 72.5 Å². The number of rotatable bonds is 6. The Hall–Kier alpha value is -3.34. The van der Waals surface area contributed by atoms with Gasteiger partial charge in [-0.1, -0.05) is 30.3 Å². The Labute approximate surface area is 174 Å². The van der Waals surface area contributed by atoms with Gasteiger partial charge < -0.3 is 14.2 Å². The maximum absolute atomic E-state index is 12.6. The summed E-state index contributed by atoms with van der Waals surface area (Å²) >= 11 is 0. The second-order valence-electron chi connectivity index (χ2n) is 7.93. The van der Waals surface area contributed by atoms with Gasteiger partial charge in [-0.3, -0.25) is 4.79 Å². The van der Waals surface area contributed by atoms with Crippen LogP contribution in [-0.2, 0) is 17.6 Å². The summed E-state index contributed by atoms with van der Waals surface area (Å²) in [5.41, 5.74) is 4.11. The fraction of sp³-hybridized carbons (Fsp3) is 0.280. The zero-order valence-electron chi connectivity index (χ0n) is 17.5. The molecule has 0 bridgehead atoms. The van der Waals surface area contributed by atoms with Crippen LogP contribution in [0.15, 0.2) is 62.4 Å². The Morgan fingerprint density at radius 3 is 2.60 bits per heavy atom. The monoisotopic (exact) mass is 403 g/mol. The molecule has 0 saturated carbocycles. The van der Waals surface area contributed by atoms with Crippen LogP contribution in [0.4, 0.5) is 0 Å². The number of hydrogen-bond donors (Lipinski definition) is 1. The molecule has 4 aromatic rings. The number of carbonyl (C=O) groups is 1. The molecule has 1 amide bonds. The fourth-order valence-corrected chi connectivity index (χ4v) is 3.83. The van der Waals surface area contributed by atoms with Gasteiger partial charge in [0.1, 0.15) is 11.2 Å². The molecule has 0 saturated heterocycles. The van der Waals surface area contributed by atoms with E-state index in [2.05, 4.69) is 17.4 Å². The smallest absolute Gasteiger partial charge is 0.340 e. The molecule has 0 fully saturated rings. The molecule has 2 aromatic carbocycles. The van der Waals surface area contributed by atoms with Crippen molar-refractivity contribution in [2.45, 2.75) is 46.1 Å². The van der Waals surface area contributed by atoms with Crippen LogP contribution < -0.4 is 10.9 Å². The normalized spacial score (nSPS) is 12.4. The molecule has 2 aromatic heterocycles. The molecular formula is C25H25NO4. The molecular weight excluding hydrogens is 378 g/mol. The van der Waals surface area contributed by atoms with E-state index in [1.54, 1.807) is 12.3 Å². The van der Waals surface area contributed by atoms with Crippen LogP contribution >= 0.6 is 0 Å². The molecule has 5 heteroatoms. The Morgan fingerprint density at radius 2 is 1.83 bits per heavy atom. The molecule has 1 N–H and O–H groups in total. The number of aryl methyl sites for hydroxylation is 3. The third kappa shape index (κ3) is 4.01. The van der Waals surface area contributed by atoms with Gasteiger partial charge >= 0.3 is 5.63 Å². The lowest BCUT2D eigenvalue weighted by Crippen LogP contribution is -2.35. The van der Waals surface area contributed by atoms with Gasteiger partial charge in [0.25, 0.3) is 0 Å². The van der Waals surface area contributed by atoms with Crippen molar-refractivity contribution in [1.82, 2.24) is 5.32 Å². The molecule has 0 unspecified atom stereocenters. The van der Waals surface area contributed by atoms with Crippen LogP contribution in [0, 0.1) is 13.8 Å². The van der Waals surface area contributed by atoms with Crippen molar-refractivity contribution in [1.29, 1.82) is 0 Å². The highest BCUT2D eigenvalue weighted by Crippen LogP contribution is 2.28. The predicted molar refractivity (Wildman–Crippen MR) is 118 cm³/mol. The lowest BCUT2D eigenvalue weighted by atomic mass is 10.0. The zero-order chi connectivity index (χ0) is 21.3. The second-order valence-corrected chi connectivity index (χ2v) is 7.93. The summed E-state index contributed by atoms with van der Waals surface area (Å²) in [6, 6.07) is 13.9. The molecule has 1 atom stereocenters. The molecule has 2 heterocycles. The average Bonchev–Trinajstić information content (AvgIpc) is 3.09. The van der Waals surface area contributed by atoms with E-state index in [-0.39, 0.29) is 18.4 Å². The summed E-state index contributed by atoms with van der Waals surface area (Å²) in [7, 11) is 0. The number of amides is 1. The van der Waals surface area contributed by atoms with E-state index < -0.39 is 5.63 Å². The van der Waals surface area contributed by atoms with Crippen molar-refractivity contribution in [3.8, 4) is 0 Å². The Kier molecular flexibility index (Phi) is 5.44. The van der Waals surface area contributed by atoms with E-state index >= 15 is 0 Å². The van der Waals surface area contributed by atoms with Crippen LogP contribution in [0.3, 0.4) is 0 Å². The first kappa shape index (κ1) is 20.0. The largest absolute Gasteiger partial charge is 0.464 e. The van der Waals surface area contributed by atoms with Crippen molar-refractivity contribution < 1.29 is 13.6 Å². The van der Waals surface area contributed by atoms with E-state index in [0.717, 1.165) is 34.7 Å². The van der Waals surface area contributed by atoms with Gasteiger partial charge in [-0.05, 0) is 56.4 Å². The lowest BCUT2D eigenvalue weighted by molar-refractivity contribution is -0.121. The average molecular weight is 403 g/mol. The molecule has 0 spiro atoms. The summed E-state index contributed by atoms with van der Waals surface area (Å²) in [6.45, 7) is 5.81. The first-order chi connectivity index (χ1) is 14.4. The van der Waals surface area contributed by atoms with E-state index in [0.29, 0.717) is 16.7 Å². The number of fused-ring (bicyclic) bond motifs is 2. The molecule has 30 heavy (non-hydrogen) atoms. The number of furan rings is 1. The number of nitrogens with one attached hydrogen (secondary N) is 1. The SMILES string of the molecule is Cc1coc2cc3oc(=O)c(CC(=O)N[C@@H](C)CCc4ccccc4)c(C)c3cc12. The highest BCUT2D eigenvalue weighted by Gasteiger charge is 2.17. The molecule has 4 rings (SSSR count). The number of hydrogen-bond acceptors (Lipinski definition) is 4. The summed E-state index contributed by atoms with van der Waals surface area (Å²) in [6.07, 6.45) is 3.41. The van der Waals surface area contributed by atoms with Crippen LogP contribution in [0.2, 0.25) is 0 Å². The van der Waals surface area contributed by atoms with Crippen LogP contribution in [0.1, 0.15) is 35.6 Å². The first-order valence-corrected chi connectivity index (χ1v) is 10.2. The van der Waals surface area contributed by atoms with Gasteiger partial charge in [0, 0.05) is 22.9 Å². The van der Waals surface area contributed by atoms with Gasteiger partial charge in [0.05, 0.1) is 18.2 Å². The quantitative estimate of drug-likeness (QED) is 0.468. The summed E-state index contributed by atoms with van der Waals surface area (Å²) < 4.78 is 11.0. The van der Waals surface area contributed by atoms with Gasteiger partial charge in [0.15, 0.2) is 0 Å². The Morgan fingerprint density at radius 1 is 1.07 bits per heavy atom. The molecule has 5 nitrogen and oxygen atoms in total. The maximum atomic E-state index is 12.6. The molecule has 0 aliphatic carbocycles. The van der Waals surface area contributed by atoms with Gasteiger partial charge in [0.2, 0.25) is 5.91 Å². The van der Waals surface area contributed by atoms with Crippen LogP contribution in [-0.4, -0.2) is 11.9 Å². The molecule has 0 aliphatic heterocycles. The second kappa shape index (κ2) is 8.19. The standard InChI is InChI=1S/C25H25NO4/c1-15-14-29-22-13-23-20(11-19(15)22)17(3)21(25(28)30-23)12-24(27)26-16(2)9-10-18-7-5-4-6-8-18/h4-8,11,13-14,16H,9-10,12H2,1-3H3,(H,26,27)/t16-/m0/s1. The van der Waals surface area contributed by atoms with E-state index in [4.69, 9.17) is 8.83 Å². The minimum absolute atomic E-state index is 0.00217. The summed E-state index contributed by atoms with van der Waals surface area (Å²) in [5.74, 6) is -0.175. The third-order valence-electron chi connectivity index (χ3n) is 5.63. The first-order valence-electron chi connectivity index (χ1n) is 10.2. The minimum atomic E-state index is -0.477. The number of benzene rings is 2. The minimum Gasteiger partial charge on any atom is -0.464 e.